The minimum absolute atomic E-state index is 0.131. The second-order valence-corrected chi connectivity index (χ2v) is 8.90. The lowest BCUT2D eigenvalue weighted by Gasteiger charge is -2.17. The Morgan fingerprint density at radius 2 is 1.67 bits per heavy atom. The highest BCUT2D eigenvalue weighted by atomic mass is 32.2. The van der Waals surface area contributed by atoms with Gasteiger partial charge in [0.2, 0.25) is 11.8 Å². The minimum atomic E-state index is -3.69. The Morgan fingerprint density at radius 3 is 2.37 bits per heavy atom. The number of hydrogen-bond acceptors (Lipinski definition) is 5. The summed E-state index contributed by atoms with van der Waals surface area (Å²) in [6.07, 6.45) is 0. The number of carbonyl (C=O) groups excluding carboxylic acids is 2. The molecular formula is C21H24N4O4S. The van der Waals surface area contributed by atoms with Crippen LogP contribution in [0.25, 0.3) is 0 Å². The molecule has 1 atom stereocenters. The van der Waals surface area contributed by atoms with Crippen LogP contribution in [0.2, 0.25) is 0 Å². The summed E-state index contributed by atoms with van der Waals surface area (Å²) in [5, 5.41) is 5.32. The summed E-state index contributed by atoms with van der Waals surface area (Å²) in [7, 11) is -3.69. The summed E-state index contributed by atoms with van der Waals surface area (Å²) < 4.78 is 26.9. The molecule has 0 saturated carbocycles. The van der Waals surface area contributed by atoms with Crippen molar-refractivity contribution in [1.82, 2.24) is 15.4 Å². The Bertz CT molecular complexity index is 1070. The number of rotatable bonds is 7. The predicted molar refractivity (Wildman–Crippen MR) is 113 cm³/mol. The van der Waals surface area contributed by atoms with E-state index in [4.69, 9.17) is 0 Å². The third kappa shape index (κ3) is 5.04. The van der Waals surface area contributed by atoms with Crippen LogP contribution in [-0.4, -0.2) is 38.7 Å². The van der Waals surface area contributed by atoms with Crippen LogP contribution in [0.15, 0.2) is 64.5 Å². The van der Waals surface area contributed by atoms with Gasteiger partial charge in [-0.15, -0.1) is 0 Å². The van der Waals surface area contributed by atoms with Gasteiger partial charge in [0.15, 0.2) is 0 Å². The maximum atomic E-state index is 12.6. The van der Waals surface area contributed by atoms with Gasteiger partial charge in [-0.05, 0) is 23.6 Å². The number of aliphatic imine (C=N–C) groups is 1. The van der Waals surface area contributed by atoms with Crippen molar-refractivity contribution in [3.8, 4) is 0 Å². The topological polar surface area (TPSA) is 117 Å². The number of benzene rings is 2. The van der Waals surface area contributed by atoms with Gasteiger partial charge in [-0.2, -0.15) is 0 Å². The molecule has 158 valence electrons. The van der Waals surface area contributed by atoms with Crippen molar-refractivity contribution in [1.29, 1.82) is 0 Å². The molecule has 0 saturated heterocycles. The standard InChI is InChI=1S/C21H24N4O4S/c1-14(2)19(24-20-16-10-6-7-11-17(16)30(28,29)25-20)21(27)23-13-18(26)22-12-15-8-4-3-5-9-15/h3-11,14,19H,12-13H2,1-2H3,(H,22,26)(H,23,27)(H,24,25)/t19-/m0/s1. The van der Waals surface area contributed by atoms with Crippen LogP contribution in [0.5, 0.6) is 0 Å². The van der Waals surface area contributed by atoms with Gasteiger partial charge in [-0.1, -0.05) is 56.3 Å². The molecule has 1 heterocycles. The highest BCUT2D eigenvalue weighted by Crippen LogP contribution is 2.23. The first-order chi connectivity index (χ1) is 14.3. The highest BCUT2D eigenvalue weighted by molar-refractivity contribution is 7.90. The third-order valence-electron chi connectivity index (χ3n) is 4.59. The largest absolute Gasteiger partial charge is 0.350 e. The zero-order chi connectivity index (χ0) is 21.7. The van der Waals surface area contributed by atoms with Gasteiger partial charge in [-0.25, -0.2) is 8.42 Å². The number of fused-ring (bicyclic) bond motifs is 1. The number of sulfonamides is 1. The average Bonchev–Trinajstić information content (AvgIpc) is 2.99. The van der Waals surface area contributed by atoms with Crippen molar-refractivity contribution in [2.45, 2.75) is 31.3 Å². The molecule has 0 aromatic heterocycles. The molecule has 3 rings (SSSR count). The first kappa shape index (κ1) is 21.5. The Kier molecular flexibility index (Phi) is 6.51. The Labute approximate surface area is 175 Å². The first-order valence-electron chi connectivity index (χ1n) is 9.56. The summed E-state index contributed by atoms with van der Waals surface area (Å²) in [5.41, 5.74) is 1.38. The van der Waals surface area contributed by atoms with E-state index in [0.717, 1.165) is 5.56 Å². The van der Waals surface area contributed by atoms with E-state index in [1.807, 2.05) is 30.3 Å². The number of hydrogen-bond donors (Lipinski definition) is 3. The van der Waals surface area contributed by atoms with E-state index in [0.29, 0.717) is 12.1 Å². The molecule has 0 unspecified atom stereocenters. The number of amidine groups is 1. The predicted octanol–water partition coefficient (Wildman–Crippen LogP) is 1.18. The molecule has 0 bridgehead atoms. The van der Waals surface area contributed by atoms with Crippen LogP contribution < -0.4 is 15.4 Å². The molecular weight excluding hydrogens is 404 g/mol. The van der Waals surface area contributed by atoms with Gasteiger partial charge in [0.1, 0.15) is 11.9 Å². The number of amides is 2. The van der Waals surface area contributed by atoms with Crippen molar-refractivity contribution in [2.75, 3.05) is 6.54 Å². The Morgan fingerprint density at radius 1 is 1.00 bits per heavy atom. The molecule has 2 amide bonds. The van der Waals surface area contributed by atoms with Crippen molar-refractivity contribution < 1.29 is 18.0 Å². The fraction of sp³-hybridized carbons (Fsp3) is 0.286. The number of carbonyl (C=O) groups is 2. The van der Waals surface area contributed by atoms with Crippen molar-refractivity contribution in [3.63, 3.8) is 0 Å². The first-order valence-corrected chi connectivity index (χ1v) is 11.0. The molecule has 1 aliphatic rings. The SMILES string of the molecule is CC(C)[C@H](N=C1NS(=O)(=O)c2ccccc21)C(=O)NCC(=O)NCc1ccccc1. The van der Waals surface area contributed by atoms with Gasteiger partial charge in [-0.3, -0.25) is 19.3 Å². The van der Waals surface area contributed by atoms with E-state index in [1.165, 1.54) is 6.07 Å². The smallest absolute Gasteiger partial charge is 0.263 e. The van der Waals surface area contributed by atoms with E-state index in [1.54, 1.807) is 32.0 Å². The lowest BCUT2D eigenvalue weighted by molar-refractivity contribution is -0.127. The third-order valence-corrected chi connectivity index (χ3v) is 5.98. The van der Waals surface area contributed by atoms with Crippen LogP contribution in [0, 0.1) is 5.92 Å². The summed E-state index contributed by atoms with van der Waals surface area (Å²) in [6.45, 7) is 3.78. The fourth-order valence-corrected chi connectivity index (χ4v) is 4.25. The molecule has 0 spiro atoms. The van der Waals surface area contributed by atoms with Gasteiger partial charge in [0.25, 0.3) is 10.0 Å². The maximum Gasteiger partial charge on any atom is 0.263 e. The molecule has 2 aromatic carbocycles. The minimum Gasteiger partial charge on any atom is -0.350 e. The molecule has 2 aromatic rings. The van der Waals surface area contributed by atoms with Crippen molar-refractivity contribution in [2.24, 2.45) is 10.9 Å². The summed E-state index contributed by atoms with van der Waals surface area (Å²) in [6, 6.07) is 15.0. The zero-order valence-corrected chi connectivity index (χ0v) is 17.6. The molecule has 0 fully saturated rings. The molecule has 0 aliphatic carbocycles. The van der Waals surface area contributed by atoms with Crippen LogP contribution in [0.3, 0.4) is 0 Å². The second kappa shape index (κ2) is 9.08. The lowest BCUT2D eigenvalue weighted by Crippen LogP contribution is -2.43. The number of nitrogens with zero attached hydrogens (tertiary/aromatic N) is 1. The average molecular weight is 429 g/mol. The molecule has 0 radical (unpaired) electrons. The Hall–Kier alpha value is -3.20. The van der Waals surface area contributed by atoms with E-state index >= 15 is 0 Å². The van der Waals surface area contributed by atoms with E-state index in [2.05, 4.69) is 20.3 Å². The molecule has 30 heavy (non-hydrogen) atoms. The fourth-order valence-electron chi connectivity index (χ4n) is 3.01. The zero-order valence-electron chi connectivity index (χ0n) is 16.8. The summed E-state index contributed by atoms with van der Waals surface area (Å²) in [5.74, 6) is -0.847. The number of nitrogens with one attached hydrogen (secondary N) is 3. The van der Waals surface area contributed by atoms with Crippen molar-refractivity contribution >= 4 is 27.7 Å². The normalized spacial score (nSPS) is 16.6. The van der Waals surface area contributed by atoms with Gasteiger partial charge in [0, 0.05) is 12.1 Å². The van der Waals surface area contributed by atoms with Crippen molar-refractivity contribution in [3.05, 3.63) is 65.7 Å². The van der Waals surface area contributed by atoms with Crippen LogP contribution in [-0.2, 0) is 26.2 Å². The lowest BCUT2D eigenvalue weighted by atomic mass is 10.0. The van der Waals surface area contributed by atoms with Crippen LogP contribution in [0.1, 0.15) is 25.0 Å². The molecule has 9 heteroatoms. The highest BCUT2D eigenvalue weighted by Gasteiger charge is 2.32. The van der Waals surface area contributed by atoms with Crippen LogP contribution >= 0.6 is 0 Å². The second-order valence-electron chi connectivity index (χ2n) is 7.25. The molecule has 8 nitrogen and oxygen atoms in total. The Balaban J connectivity index is 1.65. The quantitative estimate of drug-likeness (QED) is 0.614. The van der Waals surface area contributed by atoms with Gasteiger partial charge in [0.05, 0.1) is 11.4 Å². The molecule has 3 N–H and O–H groups in total. The van der Waals surface area contributed by atoms with Gasteiger partial charge >= 0.3 is 0 Å². The van der Waals surface area contributed by atoms with E-state index in [-0.39, 0.29) is 29.1 Å². The maximum absolute atomic E-state index is 12.6. The monoisotopic (exact) mass is 428 g/mol. The van der Waals surface area contributed by atoms with Gasteiger partial charge < -0.3 is 10.6 Å². The molecule has 1 aliphatic heterocycles. The van der Waals surface area contributed by atoms with Crippen LogP contribution in [0.4, 0.5) is 0 Å². The summed E-state index contributed by atoms with van der Waals surface area (Å²) >= 11 is 0. The van der Waals surface area contributed by atoms with E-state index < -0.39 is 22.0 Å². The van der Waals surface area contributed by atoms with E-state index in [9.17, 15) is 18.0 Å². The summed E-state index contributed by atoms with van der Waals surface area (Å²) in [4.78, 5) is 29.2.